The Kier molecular flexibility index (Phi) is 6.06. The van der Waals surface area contributed by atoms with Crippen LogP contribution in [0.25, 0.3) is 17.0 Å². The Labute approximate surface area is 159 Å². The van der Waals surface area contributed by atoms with E-state index in [9.17, 15) is 4.79 Å². The molecular formula is C23H23N3O. The standard InChI is InChI=1S/C23H23N3O/c1-18-7-2-3-8-19(18)13-15-25-23(27)12-11-20-17-26(16-6-14-24)22-10-5-4-9-21(20)22/h2-5,7-12,17H,6,13,15-16H2,1H3,(H,25,27)/b12-11+. The largest absolute Gasteiger partial charge is 0.352 e. The van der Waals surface area contributed by atoms with Crippen molar-refractivity contribution in [3.63, 3.8) is 0 Å². The molecule has 0 unspecified atom stereocenters. The van der Waals surface area contributed by atoms with Crippen LogP contribution < -0.4 is 5.32 Å². The van der Waals surface area contributed by atoms with Gasteiger partial charge in [-0.15, -0.1) is 0 Å². The zero-order valence-corrected chi connectivity index (χ0v) is 15.5. The fraction of sp³-hybridized carbons (Fsp3) is 0.217. The van der Waals surface area contributed by atoms with E-state index in [4.69, 9.17) is 5.26 Å². The Morgan fingerprint density at radius 3 is 2.78 bits per heavy atom. The predicted octanol–water partition coefficient (Wildman–Crippen LogP) is 4.24. The first-order valence-corrected chi connectivity index (χ1v) is 9.14. The van der Waals surface area contributed by atoms with Crippen LogP contribution in [0, 0.1) is 18.3 Å². The van der Waals surface area contributed by atoms with Gasteiger partial charge >= 0.3 is 0 Å². The maximum atomic E-state index is 12.2. The third-order valence-corrected chi connectivity index (χ3v) is 4.65. The molecule has 1 N–H and O–H groups in total. The Hall–Kier alpha value is -3.32. The molecule has 0 fully saturated rings. The number of benzene rings is 2. The maximum Gasteiger partial charge on any atom is 0.244 e. The Morgan fingerprint density at radius 2 is 1.96 bits per heavy atom. The second-order valence-corrected chi connectivity index (χ2v) is 6.50. The van der Waals surface area contributed by atoms with Crippen molar-refractivity contribution >= 4 is 22.9 Å². The molecule has 136 valence electrons. The number of fused-ring (bicyclic) bond motifs is 1. The molecule has 2 aromatic carbocycles. The number of para-hydroxylation sites is 1. The SMILES string of the molecule is Cc1ccccc1CCNC(=O)/C=C/c1cn(CCC#N)c2ccccc12. The number of nitrogens with one attached hydrogen (secondary N) is 1. The first-order chi connectivity index (χ1) is 13.2. The highest BCUT2D eigenvalue weighted by atomic mass is 16.1. The molecule has 0 spiro atoms. The van der Waals surface area contributed by atoms with Crippen LogP contribution in [-0.2, 0) is 17.8 Å². The monoisotopic (exact) mass is 357 g/mol. The molecule has 0 aliphatic heterocycles. The van der Waals surface area contributed by atoms with E-state index in [0.29, 0.717) is 19.5 Å². The summed E-state index contributed by atoms with van der Waals surface area (Å²) in [6.45, 7) is 3.34. The van der Waals surface area contributed by atoms with Crippen LogP contribution in [0.1, 0.15) is 23.1 Å². The van der Waals surface area contributed by atoms with Gasteiger partial charge in [0.05, 0.1) is 12.5 Å². The molecule has 0 aliphatic carbocycles. The minimum atomic E-state index is -0.0996. The van der Waals surface area contributed by atoms with Gasteiger partial charge in [-0.25, -0.2) is 0 Å². The number of carbonyl (C=O) groups excluding carboxylic acids is 1. The average molecular weight is 357 g/mol. The molecule has 1 heterocycles. The highest BCUT2D eigenvalue weighted by Gasteiger charge is 2.06. The number of rotatable bonds is 7. The van der Waals surface area contributed by atoms with Gasteiger partial charge in [0.15, 0.2) is 0 Å². The van der Waals surface area contributed by atoms with Crippen LogP contribution in [0.2, 0.25) is 0 Å². The molecule has 3 aromatic rings. The molecule has 1 aromatic heterocycles. The lowest BCUT2D eigenvalue weighted by Gasteiger charge is -2.05. The lowest BCUT2D eigenvalue weighted by molar-refractivity contribution is -0.116. The number of carbonyl (C=O) groups is 1. The molecule has 27 heavy (non-hydrogen) atoms. The van der Waals surface area contributed by atoms with Crippen molar-refractivity contribution in [3.8, 4) is 6.07 Å². The Morgan fingerprint density at radius 1 is 1.19 bits per heavy atom. The number of aryl methyl sites for hydroxylation is 2. The van der Waals surface area contributed by atoms with Crippen molar-refractivity contribution in [2.75, 3.05) is 6.54 Å². The normalized spacial score (nSPS) is 11.0. The van der Waals surface area contributed by atoms with E-state index in [0.717, 1.165) is 22.9 Å². The van der Waals surface area contributed by atoms with Crippen molar-refractivity contribution in [3.05, 3.63) is 77.5 Å². The van der Waals surface area contributed by atoms with Crippen LogP contribution >= 0.6 is 0 Å². The van der Waals surface area contributed by atoms with Gasteiger partial charge in [-0.3, -0.25) is 4.79 Å². The van der Waals surface area contributed by atoms with E-state index in [1.807, 2.05) is 48.7 Å². The summed E-state index contributed by atoms with van der Waals surface area (Å²) in [7, 11) is 0. The van der Waals surface area contributed by atoms with E-state index < -0.39 is 0 Å². The first-order valence-electron chi connectivity index (χ1n) is 9.14. The topological polar surface area (TPSA) is 57.8 Å². The van der Waals surface area contributed by atoms with E-state index in [1.165, 1.54) is 11.1 Å². The number of aromatic nitrogens is 1. The smallest absolute Gasteiger partial charge is 0.244 e. The van der Waals surface area contributed by atoms with E-state index in [1.54, 1.807) is 6.08 Å². The molecule has 4 nitrogen and oxygen atoms in total. The summed E-state index contributed by atoms with van der Waals surface area (Å²) >= 11 is 0. The van der Waals surface area contributed by atoms with Crippen LogP contribution in [0.15, 0.2) is 60.8 Å². The predicted molar refractivity (Wildman–Crippen MR) is 109 cm³/mol. The fourth-order valence-electron chi connectivity index (χ4n) is 3.20. The van der Waals surface area contributed by atoms with E-state index in [-0.39, 0.29) is 5.91 Å². The average Bonchev–Trinajstić information content (AvgIpc) is 3.04. The number of nitriles is 1. The molecular weight excluding hydrogens is 334 g/mol. The highest BCUT2D eigenvalue weighted by Crippen LogP contribution is 2.22. The second-order valence-electron chi connectivity index (χ2n) is 6.50. The summed E-state index contributed by atoms with van der Waals surface area (Å²) in [5.41, 5.74) is 4.56. The highest BCUT2D eigenvalue weighted by molar-refractivity contribution is 5.96. The zero-order chi connectivity index (χ0) is 19.1. The van der Waals surface area contributed by atoms with Crippen molar-refractivity contribution in [2.45, 2.75) is 26.3 Å². The molecule has 0 aliphatic rings. The Balaban J connectivity index is 1.64. The third-order valence-electron chi connectivity index (χ3n) is 4.65. The van der Waals surface area contributed by atoms with Crippen molar-refractivity contribution in [2.24, 2.45) is 0 Å². The Bertz CT molecular complexity index is 1010. The molecule has 0 saturated carbocycles. The van der Waals surface area contributed by atoms with Crippen LogP contribution in [-0.4, -0.2) is 17.0 Å². The maximum absolute atomic E-state index is 12.2. The summed E-state index contributed by atoms with van der Waals surface area (Å²) in [5, 5.41) is 12.9. The van der Waals surface area contributed by atoms with Gasteiger partial charge in [0, 0.05) is 41.8 Å². The van der Waals surface area contributed by atoms with Crippen LogP contribution in [0.4, 0.5) is 0 Å². The van der Waals surface area contributed by atoms with E-state index >= 15 is 0 Å². The van der Waals surface area contributed by atoms with Gasteiger partial charge in [0.1, 0.15) is 0 Å². The molecule has 4 heteroatoms. The van der Waals surface area contributed by atoms with Crippen molar-refractivity contribution < 1.29 is 4.79 Å². The summed E-state index contributed by atoms with van der Waals surface area (Å²) in [4.78, 5) is 12.2. The lowest BCUT2D eigenvalue weighted by atomic mass is 10.1. The fourth-order valence-corrected chi connectivity index (χ4v) is 3.20. The third kappa shape index (κ3) is 4.65. The number of hydrogen-bond donors (Lipinski definition) is 1. The minimum absolute atomic E-state index is 0.0996. The van der Waals surface area contributed by atoms with Crippen LogP contribution in [0.5, 0.6) is 0 Å². The summed E-state index contributed by atoms with van der Waals surface area (Å²) in [6.07, 6.45) is 6.70. The van der Waals surface area contributed by atoms with Gasteiger partial charge in [-0.05, 0) is 36.6 Å². The molecule has 0 saturated heterocycles. The molecule has 1 amide bonds. The zero-order valence-electron chi connectivity index (χ0n) is 15.5. The summed E-state index contributed by atoms with van der Waals surface area (Å²) < 4.78 is 2.06. The minimum Gasteiger partial charge on any atom is -0.352 e. The molecule has 3 rings (SSSR count). The van der Waals surface area contributed by atoms with Gasteiger partial charge in [0.2, 0.25) is 5.91 Å². The molecule has 0 bridgehead atoms. The number of hydrogen-bond acceptors (Lipinski definition) is 2. The summed E-state index contributed by atoms with van der Waals surface area (Å²) in [5.74, 6) is -0.0996. The quantitative estimate of drug-likeness (QED) is 0.643. The lowest BCUT2D eigenvalue weighted by Crippen LogP contribution is -2.23. The number of nitrogens with zero attached hydrogens (tertiary/aromatic N) is 2. The van der Waals surface area contributed by atoms with Gasteiger partial charge < -0.3 is 9.88 Å². The van der Waals surface area contributed by atoms with Gasteiger partial charge in [0.25, 0.3) is 0 Å². The molecule has 0 atom stereocenters. The van der Waals surface area contributed by atoms with Crippen LogP contribution in [0.3, 0.4) is 0 Å². The number of amides is 1. The van der Waals surface area contributed by atoms with Crippen molar-refractivity contribution in [1.29, 1.82) is 5.26 Å². The van der Waals surface area contributed by atoms with Gasteiger partial charge in [-0.2, -0.15) is 5.26 Å². The second kappa shape index (κ2) is 8.86. The van der Waals surface area contributed by atoms with Gasteiger partial charge in [-0.1, -0.05) is 42.5 Å². The molecule has 0 radical (unpaired) electrons. The summed E-state index contributed by atoms with van der Waals surface area (Å²) in [6, 6.07) is 18.4. The van der Waals surface area contributed by atoms with Crippen molar-refractivity contribution in [1.82, 2.24) is 9.88 Å². The van der Waals surface area contributed by atoms with E-state index in [2.05, 4.69) is 35.0 Å². The first kappa shape index (κ1) is 18.5.